The Morgan fingerprint density at radius 3 is 0.900 bits per heavy atom. The van der Waals surface area contributed by atoms with Crippen LogP contribution in [-0.2, 0) is 29.3 Å². The zero-order valence-corrected chi connectivity index (χ0v) is 11.1. The number of carboxylic acids is 3. The minimum Gasteiger partial charge on any atom is -0.481 e. The second kappa shape index (κ2) is 12.4. The normalized spacial score (nSPS) is 9.30. The first-order valence-corrected chi connectivity index (χ1v) is 6.48. The Hall–Kier alpha value is -1.61. The van der Waals surface area contributed by atoms with Crippen LogP contribution in [0.3, 0.4) is 0 Å². The van der Waals surface area contributed by atoms with Gasteiger partial charge in [0.15, 0.2) is 0 Å². The summed E-state index contributed by atoms with van der Waals surface area (Å²) in [5, 5.41) is 22.2. The standard InChI is InChI=1S/C2H2O4.C2H4O2.H3O4P.H2O4S/c3-1(4)2(5)6;1-2(3)4;2*1-5(2,3)4/h(H,3,4)(H,5,6);1H3,(H,3,4);(H3,1,2,3,4);(H2,1,2,3,4). The molecule has 0 radical (unpaired) electrons. The summed E-state index contributed by atoms with van der Waals surface area (Å²) in [5.74, 6) is -4.48. The van der Waals surface area contributed by atoms with Gasteiger partial charge in [0.05, 0.1) is 0 Å². The lowest BCUT2D eigenvalue weighted by Crippen LogP contribution is -2.09. The van der Waals surface area contributed by atoms with Crippen LogP contribution in [0.5, 0.6) is 0 Å². The Labute approximate surface area is 110 Å². The number of rotatable bonds is 0. The molecular weight excluding hydrogens is 335 g/mol. The first-order chi connectivity index (χ1) is 8.37. The van der Waals surface area contributed by atoms with Crippen molar-refractivity contribution in [1.29, 1.82) is 0 Å². The molecule has 20 heavy (non-hydrogen) atoms. The third kappa shape index (κ3) is 680. The summed E-state index contributed by atoms with van der Waals surface area (Å²) in [6, 6.07) is 0. The summed E-state index contributed by atoms with van der Waals surface area (Å²) < 4.78 is 40.5. The van der Waals surface area contributed by atoms with E-state index in [1.54, 1.807) is 0 Å². The fourth-order valence-corrected chi connectivity index (χ4v) is 0. The van der Waals surface area contributed by atoms with E-state index in [1.807, 2.05) is 0 Å². The summed E-state index contributed by atoms with van der Waals surface area (Å²) in [6.45, 7) is 1.08. The molecule has 0 saturated heterocycles. The second-order valence-electron chi connectivity index (χ2n) is 2.09. The molecule has 0 atom stereocenters. The highest BCUT2D eigenvalue weighted by molar-refractivity contribution is 7.79. The van der Waals surface area contributed by atoms with Crippen molar-refractivity contribution in [2.45, 2.75) is 6.92 Å². The fraction of sp³-hybridized carbons (Fsp3) is 0.250. The molecule has 0 heterocycles. The molecule has 0 bridgehead atoms. The molecule has 14 nitrogen and oxygen atoms in total. The highest BCUT2D eigenvalue weighted by Crippen LogP contribution is 2.25. The molecule has 0 fully saturated rings. The predicted molar refractivity (Wildman–Crippen MR) is 57.0 cm³/mol. The van der Waals surface area contributed by atoms with Crippen molar-refractivity contribution in [2.24, 2.45) is 0 Å². The van der Waals surface area contributed by atoms with Crippen molar-refractivity contribution in [1.82, 2.24) is 0 Å². The van der Waals surface area contributed by atoms with Gasteiger partial charge in [0.25, 0.3) is 5.97 Å². The minimum atomic E-state index is -4.67. The Bertz CT molecular complexity index is 410. The lowest BCUT2D eigenvalue weighted by molar-refractivity contribution is -0.159. The van der Waals surface area contributed by atoms with Crippen LogP contribution in [0.1, 0.15) is 6.92 Å². The van der Waals surface area contributed by atoms with Crippen molar-refractivity contribution >= 4 is 36.1 Å². The third-order valence-corrected chi connectivity index (χ3v) is 0.183. The second-order valence-corrected chi connectivity index (χ2v) is 4.01. The van der Waals surface area contributed by atoms with E-state index < -0.39 is 36.1 Å². The maximum Gasteiger partial charge on any atom is 0.466 e. The van der Waals surface area contributed by atoms with Crippen LogP contribution in [0.2, 0.25) is 0 Å². The molecule has 0 aliphatic heterocycles. The molecule has 8 N–H and O–H groups in total. The lowest BCUT2D eigenvalue weighted by atomic mass is 10.7. The number of carboxylic acid groups (broad SMARTS) is 3. The highest BCUT2D eigenvalue weighted by atomic mass is 32.3. The van der Waals surface area contributed by atoms with Gasteiger partial charge >= 0.3 is 30.2 Å². The third-order valence-electron chi connectivity index (χ3n) is 0.183. The number of hydrogen-bond acceptors (Lipinski definition) is 6. The molecule has 0 spiro atoms. The van der Waals surface area contributed by atoms with Crippen LogP contribution in [-0.4, -0.2) is 65.4 Å². The van der Waals surface area contributed by atoms with E-state index in [0.717, 1.165) is 6.92 Å². The summed E-state index contributed by atoms with van der Waals surface area (Å²) in [6.07, 6.45) is 0. The molecule has 0 aliphatic rings. The molecule has 0 aromatic heterocycles. The predicted octanol–water partition coefficient (Wildman–Crippen LogP) is -2.33. The Morgan fingerprint density at radius 2 is 0.900 bits per heavy atom. The Kier molecular flexibility index (Phi) is 16.7. The smallest absolute Gasteiger partial charge is 0.466 e. The fourth-order valence-electron chi connectivity index (χ4n) is 0. The van der Waals surface area contributed by atoms with Crippen molar-refractivity contribution in [3.8, 4) is 0 Å². The zero-order valence-electron chi connectivity index (χ0n) is 9.38. The maximum atomic E-state index is 9.10. The van der Waals surface area contributed by atoms with Crippen LogP contribution in [0.15, 0.2) is 0 Å². The monoisotopic (exact) mass is 346 g/mol. The van der Waals surface area contributed by atoms with Gasteiger partial charge in [-0.15, -0.1) is 0 Å². The molecule has 0 amide bonds. The molecule has 0 aromatic carbocycles. The van der Waals surface area contributed by atoms with Crippen LogP contribution in [0, 0.1) is 0 Å². The number of phosphoric acid groups is 1. The first-order valence-electron chi connectivity index (χ1n) is 3.51. The van der Waals surface area contributed by atoms with Crippen LogP contribution in [0.4, 0.5) is 0 Å². The zero-order chi connectivity index (χ0) is 17.7. The Morgan fingerprint density at radius 1 is 0.850 bits per heavy atom. The Balaban J connectivity index is -0.0000000862. The summed E-state index contributed by atoms with van der Waals surface area (Å²) in [5.41, 5.74) is 0. The van der Waals surface area contributed by atoms with Gasteiger partial charge in [0.1, 0.15) is 0 Å². The van der Waals surface area contributed by atoms with E-state index >= 15 is 0 Å². The van der Waals surface area contributed by atoms with E-state index in [2.05, 4.69) is 0 Å². The van der Waals surface area contributed by atoms with Gasteiger partial charge in [-0.3, -0.25) is 13.9 Å². The van der Waals surface area contributed by atoms with Crippen molar-refractivity contribution in [2.75, 3.05) is 0 Å². The van der Waals surface area contributed by atoms with Gasteiger partial charge in [0, 0.05) is 6.92 Å². The molecule has 0 unspecified atom stereocenters. The first kappa shape index (κ1) is 26.9. The number of hydrogen-bond donors (Lipinski definition) is 8. The van der Waals surface area contributed by atoms with E-state index in [1.165, 1.54) is 0 Å². The van der Waals surface area contributed by atoms with Crippen molar-refractivity contribution < 1.29 is 66.5 Å². The van der Waals surface area contributed by atoms with Gasteiger partial charge in [0.2, 0.25) is 0 Å². The van der Waals surface area contributed by atoms with Gasteiger partial charge in [-0.1, -0.05) is 0 Å². The molecular formula is C4H11O14PS. The van der Waals surface area contributed by atoms with Gasteiger partial charge < -0.3 is 30.0 Å². The average molecular weight is 346 g/mol. The van der Waals surface area contributed by atoms with Crippen molar-refractivity contribution in [3.63, 3.8) is 0 Å². The van der Waals surface area contributed by atoms with Crippen LogP contribution >= 0.6 is 7.82 Å². The molecule has 0 aliphatic carbocycles. The lowest BCUT2D eigenvalue weighted by Gasteiger charge is -1.82. The quantitative estimate of drug-likeness (QED) is 0.130. The SMILES string of the molecule is CC(=O)O.O=C(O)C(=O)O.O=P(O)(O)O.O=S(=O)(O)O. The molecule has 0 rings (SSSR count). The minimum absolute atomic E-state index is 0.833. The molecule has 122 valence electrons. The molecule has 16 heteroatoms. The average Bonchev–Trinajstić information content (AvgIpc) is 1.94. The van der Waals surface area contributed by atoms with Crippen LogP contribution < -0.4 is 0 Å². The number of aliphatic carboxylic acids is 3. The molecule has 0 aromatic rings. The van der Waals surface area contributed by atoms with E-state index in [-0.39, 0.29) is 0 Å². The van der Waals surface area contributed by atoms with E-state index in [0.29, 0.717) is 0 Å². The number of carbonyl (C=O) groups is 3. The largest absolute Gasteiger partial charge is 0.481 e. The summed E-state index contributed by atoms with van der Waals surface area (Å²) in [7, 11) is -9.31. The van der Waals surface area contributed by atoms with Crippen molar-refractivity contribution in [3.05, 3.63) is 0 Å². The molecule has 0 saturated carbocycles. The van der Waals surface area contributed by atoms with Crippen LogP contribution in [0.25, 0.3) is 0 Å². The van der Waals surface area contributed by atoms with E-state index in [9.17, 15) is 0 Å². The van der Waals surface area contributed by atoms with Gasteiger partial charge in [-0.25, -0.2) is 14.2 Å². The maximum absolute atomic E-state index is 9.10. The van der Waals surface area contributed by atoms with Gasteiger partial charge in [-0.05, 0) is 0 Å². The van der Waals surface area contributed by atoms with E-state index in [4.69, 9.17) is 66.5 Å². The van der Waals surface area contributed by atoms with Gasteiger partial charge in [-0.2, -0.15) is 8.42 Å². The summed E-state index contributed by atoms with van der Waals surface area (Å²) in [4.78, 5) is 48.8. The topological polar surface area (TPSA) is 264 Å². The highest BCUT2D eigenvalue weighted by Gasteiger charge is 2.04. The summed E-state index contributed by atoms with van der Waals surface area (Å²) >= 11 is 0.